The molecule has 56 heavy (non-hydrogen) atoms. The highest BCUT2D eigenvalue weighted by atomic mass is 35.5. The molecule has 3 aliphatic heterocycles. The zero-order valence-corrected chi connectivity index (χ0v) is 35.8. The molecule has 318 valence electrons. The lowest BCUT2D eigenvalue weighted by molar-refractivity contribution is -0.302. The number of hydrogen-bond donors (Lipinski definition) is 2. The molecule has 0 spiro atoms. The molecule has 3 fully saturated rings. The van der Waals surface area contributed by atoms with Crippen LogP contribution in [-0.4, -0.2) is 120 Å². The van der Waals surface area contributed by atoms with Gasteiger partial charge in [0.25, 0.3) is 11.7 Å². The van der Waals surface area contributed by atoms with Crippen LogP contribution in [0.3, 0.4) is 0 Å². The van der Waals surface area contributed by atoms with E-state index in [1.54, 1.807) is 14.0 Å². The first-order valence-electron chi connectivity index (χ1n) is 20.7. The lowest BCUT2D eigenvalue weighted by atomic mass is 9.80. The number of rotatable bonds is 5. The van der Waals surface area contributed by atoms with Gasteiger partial charge in [0.15, 0.2) is 0 Å². The molecule has 4 rings (SSSR count). The third kappa shape index (κ3) is 10.9. The van der Waals surface area contributed by atoms with Crippen molar-refractivity contribution in [2.24, 2.45) is 29.6 Å². The van der Waals surface area contributed by atoms with Crippen LogP contribution in [0.4, 0.5) is 0 Å². The molecule has 0 aromatic rings. The summed E-state index contributed by atoms with van der Waals surface area (Å²) in [5, 5.41) is 23.2. The van der Waals surface area contributed by atoms with Crippen molar-refractivity contribution in [2.75, 3.05) is 27.9 Å². The Hall–Kier alpha value is -2.19. The lowest BCUT2D eigenvalue weighted by Crippen LogP contribution is -2.64. The summed E-state index contributed by atoms with van der Waals surface area (Å²) in [7, 11) is 4.68. The first kappa shape index (κ1) is 46.5. The van der Waals surface area contributed by atoms with E-state index in [1.807, 2.05) is 39.8 Å². The summed E-state index contributed by atoms with van der Waals surface area (Å²) in [5.74, 6) is -7.11. The molecule has 1 amide bonds. The molecule has 2 saturated heterocycles. The summed E-state index contributed by atoms with van der Waals surface area (Å²) in [5.41, 5.74) is 1.72. The normalized spacial score (nSPS) is 40.6. The van der Waals surface area contributed by atoms with Crippen LogP contribution >= 0.6 is 11.6 Å². The minimum Gasteiger partial charge on any atom is -0.456 e. The Morgan fingerprint density at radius 2 is 1.55 bits per heavy atom. The number of piperidine rings is 1. The number of amides is 1. The number of esters is 1. The van der Waals surface area contributed by atoms with Crippen LogP contribution in [0.2, 0.25) is 0 Å². The van der Waals surface area contributed by atoms with Crippen molar-refractivity contribution in [2.45, 2.75) is 166 Å². The van der Waals surface area contributed by atoms with Crippen molar-refractivity contribution in [3.8, 4) is 0 Å². The van der Waals surface area contributed by atoms with Crippen molar-refractivity contribution in [1.82, 2.24) is 4.90 Å². The summed E-state index contributed by atoms with van der Waals surface area (Å²) >= 11 is 6.61. The van der Waals surface area contributed by atoms with E-state index in [2.05, 4.69) is 6.92 Å². The second-order valence-electron chi connectivity index (χ2n) is 17.1. The number of carbonyl (C=O) groups excluding carboxylic acids is 4. The number of allylic oxidation sites excluding steroid dienone is 2. The third-order valence-corrected chi connectivity index (χ3v) is 13.3. The number of nitrogens with zero attached hydrogens (tertiary/aromatic N) is 1. The number of ketones is 2. The fourth-order valence-electron chi connectivity index (χ4n) is 9.38. The molecule has 2 unspecified atom stereocenters. The quantitative estimate of drug-likeness (QED) is 0.152. The second kappa shape index (κ2) is 20.7. The zero-order chi connectivity index (χ0) is 41.5. The molecule has 1 saturated carbocycles. The Bertz CT molecular complexity index is 1440. The molecule has 1 aliphatic carbocycles. The number of Topliss-reactive ketones (excluding diaryl/α,β-unsaturated/α-hetero) is 2. The fraction of sp³-hybridized carbons (Fsp3) is 0.814. The van der Waals surface area contributed by atoms with Crippen LogP contribution < -0.4 is 0 Å². The Morgan fingerprint density at radius 3 is 2.20 bits per heavy atom. The number of ether oxygens (including phenoxy) is 5. The van der Waals surface area contributed by atoms with E-state index in [0.717, 1.165) is 5.57 Å². The number of cyclic esters (lactones) is 1. The molecule has 14 atom stereocenters. The predicted molar refractivity (Wildman–Crippen MR) is 212 cm³/mol. The summed E-state index contributed by atoms with van der Waals surface area (Å²) < 4.78 is 30.1. The average Bonchev–Trinajstić information content (AvgIpc) is 3.17. The molecular formula is C43H68ClNO11. The minimum absolute atomic E-state index is 0.0337. The van der Waals surface area contributed by atoms with Crippen molar-refractivity contribution in [3.05, 3.63) is 23.3 Å². The maximum Gasteiger partial charge on any atom is 0.329 e. The number of aliphatic hydroxyl groups is 2. The summed E-state index contributed by atoms with van der Waals surface area (Å²) in [6.07, 6.45) is 5.00. The minimum atomic E-state index is -2.49. The molecule has 2 bridgehead atoms. The first-order valence-corrected chi connectivity index (χ1v) is 21.2. The Balaban J connectivity index is 1.77. The van der Waals surface area contributed by atoms with Gasteiger partial charge in [0.2, 0.25) is 5.79 Å². The van der Waals surface area contributed by atoms with Gasteiger partial charge in [0, 0.05) is 58.0 Å². The summed E-state index contributed by atoms with van der Waals surface area (Å²) in [4.78, 5) is 57.6. The van der Waals surface area contributed by atoms with E-state index in [1.165, 1.54) is 19.1 Å². The Labute approximate surface area is 339 Å². The van der Waals surface area contributed by atoms with Crippen LogP contribution in [0.15, 0.2) is 23.3 Å². The van der Waals surface area contributed by atoms with E-state index >= 15 is 0 Å². The largest absolute Gasteiger partial charge is 0.456 e. The van der Waals surface area contributed by atoms with Crippen molar-refractivity contribution in [1.29, 1.82) is 0 Å². The highest BCUT2D eigenvalue weighted by Crippen LogP contribution is 2.40. The lowest BCUT2D eigenvalue weighted by Gasteiger charge is -2.47. The molecule has 0 radical (unpaired) electrons. The smallest absolute Gasteiger partial charge is 0.329 e. The van der Waals surface area contributed by atoms with Crippen LogP contribution in [0.1, 0.15) is 112 Å². The average molecular weight is 810 g/mol. The number of fused-ring (bicyclic) bond motifs is 3. The molecule has 12 nitrogen and oxygen atoms in total. The van der Waals surface area contributed by atoms with Gasteiger partial charge < -0.3 is 38.8 Å². The van der Waals surface area contributed by atoms with Gasteiger partial charge in [-0.3, -0.25) is 14.4 Å². The third-order valence-electron chi connectivity index (χ3n) is 12.8. The topological polar surface area (TPSA) is 158 Å². The van der Waals surface area contributed by atoms with E-state index in [9.17, 15) is 29.4 Å². The van der Waals surface area contributed by atoms with Gasteiger partial charge in [0.05, 0.1) is 29.8 Å². The van der Waals surface area contributed by atoms with Gasteiger partial charge in [-0.1, -0.05) is 45.4 Å². The molecule has 0 aromatic heterocycles. The van der Waals surface area contributed by atoms with Crippen LogP contribution in [0.5, 0.6) is 0 Å². The van der Waals surface area contributed by atoms with Gasteiger partial charge in [-0.05, 0) is 89.5 Å². The van der Waals surface area contributed by atoms with Gasteiger partial charge in [-0.2, -0.15) is 0 Å². The van der Waals surface area contributed by atoms with Crippen LogP contribution in [0, 0.1) is 29.6 Å². The maximum absolute atomic E-state index is 14.3. The van der Waals surface area contributed by atoms with Gasteiger partial charge in [0.1, 0.15) is 24.0 Å². The van der Waals surface area contributed by atoms with Crippen LogP contribution in [-0.2, 0) is 42.9 Å². The molecule has 2 N–H and O–H groups in total. The summed E-state index contributed by atoms with van der Waals surface area (Å²) in [6.45, 7) is 11.5. The molecule has 13 heteroatoms. The second-order valence-corrected chi connectivity index (χ2v) is 17.7. The van der Waals surface area contributed by atoms with Gasteiger partial charge in [-0.15, -0.1) is 11.6 Å². The van der Waals surface area contributed by atoms with Gasteiger partial charge >= 0.3 is 5.97 Å². The van der Waals surface area contributed by atoms with Crippen molar-refractivity contribution in [3.63, 3.8) is 0 Å². The number of halogens is 1. The molecule has 0 aromatic carbocycles. The van der Waals surface area contributed by atoms with Gasteiger partial charge in [-0.25, -0.2) is 4.79 Å². The van der Waals surface area contributed by atoms with E-state index in [4.69, 9.17) is 35.3 Å². The zero-order valence-electron chi connectivity index (χ0n) is 35.0. The number of methoxy groups -OCH3 is 3. The van der Waals surface area contributed by atoms with Crippen molar-refractivity contribution >= 4 is 35.0 Å². The van der Waals surface area contributed by atoms with E-state index in [0.29, 0.717) is 56.9 Å². The number of carbonyl (C=O) groups is 4. The van der Waals surface area contributed by atoms with E-state index < -0.39 is 71.8 Å². The van der Waals surface area contributed by atoms with E-state index in [-0.39, 0.29) is 60.8 Å². The maximum atomic E-state index is 14.3. The standard InChI is InChI=1S/C43H68ClNO11/c1-10-29-18-24(2)17-25(3)19-36(53-8)39-37(54-9)21-28(6)43(51,56-39)40(48)41(49)45-16-12-11-13-32(45)42(50)55-38(30-14-15-31(44)35(22-30)52-7)27(5)20-26(4)33(46)23-34(29)47/h18,20,25-26,28-33,35-39,46,51H,10-17,19,21-23H2,1-9H3/t25-,26-,28+,29+,30?,31-,32-,33-,35+,36-,37-,38?,39+,43+/m0/s1. The number of aliphatic hydroxyl groups excluding tert-OH is 1. The highest BCUT2D eigenvalue weighted by molar-refractivity contribution is 6.39. The van der Waals surface area contributed by atoms with Crippen molar-refractivity contribution < 1.29 is 53.1 Å². The number of hydrogen-bond acceptors (Lipinski definition) is 11. The van der Waals surface area contributed by atoms with Crippen LogP contribution in [0.25, 0.3) is 0 Å². The molecular weight excluding hydrogens is 742 g/mol. The summed E-state index contributed by atoms with van der Waals surface area (Å²) in [6, 6.07) is -1.07. The molecule has 4 aliphatic rings. The first-order chi connectivity index (χ1) is 26.5. The number of alkyl halides is 1. The monoisotopic (exact) mass is 809 g/mol. The SMILES string of the molecule is CC[C@@H]1C=C(C)C[C@H](C)C[C@H](OC)[C@H]2O[C@@](O)(C(=O)C(=O)N3CCCC[C@H]3C(=O)OC(C3CC[C@H](Cl)[C@H](OC)C3)C(C)=C[C@H](C)[C@@H](O)CC1=O)[C@H](C)C[C@@H]2OC. The highest BCUT2D eigenvalue weighted by Gasteiger charge is 2.56. The fourth-order valence-corrected chi connectivity index (χ4v) is 9.71. The predicted octanol–water partition coefficient (Wildman–Crippen LogP) is 5.72. The Kier molecular flexibility index (Phi) is 17.2. The molecule has 3 heterocycles. The Morgan fingerprint density at radius 1 is 0.893 bits per heavy atom.